The molecule has 1 aromatic heterocycles. The van der Waals surface area contributed by atoms with Gasteiger partial charge in [-0.05, 0) is 38.8 Å². The lowest BCUT2D eigenvalue weighted by Crippen LogP contribution is -2.61. The molecule has 1 aromatic rings. The molecule has 0 radical (unpaired) electrons. The Morgan fingerprint density at radius 3 is 3.00 bits per heavy atom. The molecule has 0 aliphatic carbocycles. The van der Waals surface area contributed by atoms with Crippen LogP contribution in [0.5, 0.6) is 0 Å². The second-order valence-electron chi connectivity index (χ2n) is 5.10. The molecular formula is C13H19N3O. The molecule has 2 N–H and O–H groups in total. The van der Waals surface area contributed by atoms with Crippen molar-refractivity contribution in [2.45, 2.75) is 38.3 Å². The van der Waals surface area contributed by atoms with Gasteiger partial charge >= 0.3 is 0 Å². The van der Waals surface area contributed by atoms with Crippen molar-refractivity contribution in [2.24, 2.45) is 5.73 Å². The summed E-state index contributed by atoms with van der Waals surface area (Å²) in [7, 11) is 0. The van der Waals surface area contributed by atoms with Crippen molar-refractivity contribution >= 4 is 5.91 Å². The number of carbonyl (C=O) groups is 1. The largest absolute Gasteiger partial charge is 0.332 e. The lowest BCUT2D eigenvalue weighted by atomic mass is 9.85. The Balaban J connectivity index is 2.25. The molecule has 92 valence electrons. The summed E-state index contributed by atoms with van der Waals surface area (Å²) in [5.41, 5.74) is 6.46. The van der Waals surface area contributed by atoms with Crippen molar-refractivity contribution in [1.29, 1.82) is 0 Å². The van der Waals surface area contributed by atoms with Crippen LogP contribution in [0.4, 0.5) is 0 Å². The quantitative estimate of drug-likeness (QED) is 0.798. The first-order chi connectivity index (χ1) is 8.03. The zero-order valence-electron chi connectivity index (χ0n) is 10.4. The van der Waals surface area contributed by atoms with Gasteiger partial charge in [0.1, 0.15) is 0 Å². The van der Waals surface area contributed by atoms with Crippen LogP contribution in [0.15, 0.2) is 24.5 Å². The number of pyridine rings is 1. The third-order valence-corrected chi connectivity index (χ3v) is 3.65. The molecule has 1 fully saturated rings. The molecule has 1 amide bonds. The number of amides is 1. The number of likely N-dealkylation sites (tertiary alicyclic amines) is 1. The second kappa shape index (κ2) is 4.45. The Bertz CT molecular complexity index is 402. The number of nitrogens with zero attached hydrogens (tertiary/aromatic N) is 2. The number of aromatic nitrogens is 1. The van der Waals surface area contributed by atoms with Crippen LogP contribution in [0, 0.1) is 0 Å². The Hall–Kier alpha value is -1.42. The molecule has 0 saturated carbocycles. The number of rotatable bonds is 1. The van der Waals surface area contributed by atoms with E-state index in [1.807, 2.05) is 18.7 Å². The van der Waals surface area contributed by atoms with Gasteiger partial charge < -0.3 is 10.6 Å². The molecule has 0 bridgehead atoms. The van der Waals surface area contributed by atoms with E-state index in [9.17, 15) is 4.79 Å². The Labute approximate surface area is 102 Å². The fraction of sp³-hybridized carbons (Fsp3) is 0.538. The first kappa shape index (κ1) is 12.0. The lowest BCUT2D eigenvalue weighted by Gasteiger charge is -2.46. The van der Waals surface area contributed by atoms with Gasteiger partial charge in [-0.1, -0.05) is 0 Å². The van der Waals surface area contributed by atoms with E-state index >= 15 is 0 Å². The number of nitrogens with two attached hydrogens (primary N) is 1. The van der Waals surface area contributed by atoms with Gasteiger partial charge in [0.05, 0.1) is 11.1 Å². The molecule has 17 heavy (non-hydrogen) atoms. The average molecular weight is 233 g/mol. The van der Waals surface area contributed by atoms with Crippen LogP contribution >= 0.6 is 0 Å². The SMILES string of the molecule is CC1(C)C(N)CCCN1C(=O)c1cccnc1. The van der Waals surface area contributed by atoms with Crippen molar-refractivity contribution in [3.05, 3.63) is 30.1 Å². The molecular weight excluding hydrogens is 214 g/mol. The fourth-order valence-corrected chi connectivity index (χ4v) is 2.32. The lowest BCUT2D eigenvalue weighted by molar-refractivity contribution is 0.0362. The van der Waals surface area contributed by atoms with E-state index in [-0.39, 0.29) is 17.5 Å². The van der Waals surface area contributed by atoms with E-state index in [0.717, 1.165) is 19.4 Å². The van der Waals surface area contributed by atoms with Gasteiger partial charge in [0.25, 0.3) is 5.91 Å². The zero-order chi connectivity index (χ0) is 12.5. The summed E-state index contributed by atoms with van der Waals surface area (Å²) < 4.78 is 0. The molecule has 1 aliphatic rings. The fourth-order valence-electron chi connectivity index (χ4n) is 2.32. The number of carbonyl (C=O) groups excluding carboxylic acids is 1. The summed E-state index contributed by atoms with van der Waals surface area (Å²) in [5, 5.41) is 0. The highest BCUT2D eigenvalue weighted by molar-refractivity contribution is 5.94. The Kier molecular flexibility index (Phi) is 3.15. The van der Waals surface area contributed by atoms with E-state index in [0.29, 0.717) is 5.56 Å². The van der Waals surface area contributed by atoms with E-state index in [1.54, 1.807) is 24.5 Å². The molecule has 4 nitrogen and oxygen atoms in total. The second-order valence-corrected chi connectivity index (χ2v) is 5.10. The molecule has 1 saturated heterocycles. The average Bonchev–Trinajstić information content (AvgIpc) is 2.33. The van der Waals surface area contributed by atoms with Crippen molar-refractivity contribution in [3.63, 3.8) is 0 Å². The first-order valence-electron chi connectivity index (χ1n) is 6.01. The summed E-state index contributed by atoms with van der Waals surface area (Å²) in [4.78, 5) is 18.3. The van der Waals surface area contributed by atoms with Gasteiger partial charge in [0.15, 0.2) is 0 Å². The normalized spacial score (nSPS) is 23.5. The number of hydrogen-bond donors (Lipinski definition) is 1. The van der Waals surface area contributed by atoms with Crippen LogP contribution < -0.4 is 5.73 Å². The molecule has 1 unspecified atom stereocenters. The van der Waals surface area contributed by atoms with Gasteiger partial charge in [0, 0.05) is 25.0 Å². The summed E-state index contributed by atoms with van der Waals surface area (Å²) in [6.45, 7) is 4.84. The molecule has 4 heteroatoms. The molecule has 2 rings (SSSR count). The summed E-state index contributed by atoms with van der Waals surface area (Å²) in [5.74, 6) is 0.0262. The minimum absolute atomic E-state index is 0.0262. The predicted molar refractivity (Wildman–Crippen MR) is 66.6 cm³/mol. The summed E-state index contributed by atoms with van der Waals surface area (Å²) in [6.07, 6.45) is 5.23. The predicted octanol–water partition coefficient (Wildman–Crippen LogP) is 1.42. The van der Waals surface area contributed by atoms with Gasteiger partial charge in [0.2, 0.25) is 0 Å². The standard InChI is InChI=1S/C13H19N3O/c1-13(2)11(14)6-4-8-16(13)12(17)10-5-3-7-15-9-10/h3,5,7,9,11H,4,6,8,14H2,1-2H3. The summed E-state index contributed by atoms with van der Waals surface area (Å²) in [6, 6.07) is 3.62. The topological polar surface area (TPSA) is 59.2 Å². The van der Waals surface area contributed by atoms with Crippen molar-refractivity contribution < 1.29 is 4.79 Å². The van der Waals surface area contributed by atoms with Crippen LogP contribution in [0.25, 0.3) is 0 Å². The monoisotopic (exact) mass is 233 g/mol. The molecule has 1 atom stereocenters. The Morgan fingerprint density at radius 1 is 1.59 bits per heavy atom. The van der Waals surface area contributed by atoms with Gasteiger partial charge in [-0.15, -0.1) is 0 Å². The summed E-state index contributed by atoms with van der Waals surface area (Å²) >= 11 is 0. The van der Waals surface area contributed by atoms with Crippen molar-refractivity contribution in [3.8, 4) is 0 Å². The van der Waals surface area contributed by atoms with Crippen molar-refractivity contribution in [1.82, 2.24) is 9.88 Å². The minimum Gasteiger partial charge on any atom is -0.332 e. The van der Waals surface area contributed by atoms with Crippen LogP contribution in [-0.4, -0.2) is 33.9 Å². The first-order valence-corrected chi connectivity index (χ1v) is 6.01. The number of hydrogen-bond acceptors (Lipinski definition) is 3. The maximum Gasteiger partial charge on any atom is 0.255 e. The smallest absolute Gasteiger partial charge is 0.255 e. The van der Waals surface area contributed by atoms with Gasteiger partial charge in [-0.25, -0.2) is 0 Å². The Morgan fingerprint density at radius 2 is 2.35 bits per heavy atom. The third-order valence-electron chi connectivity index (χ3n) is 3.65. The van der Waals surface area contributed by atoms with E-state index < -0.39 is 0 Å². The van der Waals surface area contributed by atoms with Crippen molar-refractivity contribution in [2.75, 3.05) is 6.54 Å². The van der Waals surface area contributed by atoms with Crippen LogP contribution in [-0.2, 0) is 0 Å². The maximum atomic E-state index is 12.4. The maximum absolute atomic E-state index is 12.4. The highest BCUT2D eigenvalue weighted by Gasteiger charge is 2.39. The van der Waals surface area contributed by atoms with Gasteiger partial charge in [-0.3, -0.25) is 9.78 Å². The third kappa shape index (κ3) is 2.17. The van der Waals surface area contributed by atoms with E-state index in [2.05, 4.69) is 4.98 Å². The molecule has 0 spiro atoms. The van der Waals surface area contributed by atoms with Crippen LogP contribution in [0.3, 0.4) is 0 Å². The van der Waals surface area contributed by atoms with Gasteiger partial charge in [-0.2, -0.15) is 0 Å². The highest BCUT2D eigenvalue weighted by atomic mass is 16.2. The van der Waals surface area contributed by atoms with Crippen LogP contribution in [0.1, 0.15) is 37.0 Å². The minimum atomic E-state index is -0.287. The van der Waals surface area contributed by atoms with E-state index in [4.69, 9.17) is 5.73 Å². The molecule has 1 aliphatic heterocycles. The zero-order valence-corrected chi connectivity index (χ0v) is 10.4. The van der Waals surface area contributed by atoms with Crippen LogP contribution in [0.2, 0.25) is 0 Å². The van der Waals surface area contributed by atoms with E-state index in [1.165, 1.54) is 0 Å². The number of piperidine rings is 1. The molecule has 0 aromatic carbocycles. The molecule has 2 heterocycles. The highest BCUT2D eigenvalue weighted by Crippen LogP contribution is 2.27.